The van der Waals surface area contributed by atoms with E-state index in [9.17, 15) is 9.59 Å². The minimum atomic E-state index is -0.128. The van der Waals surface area contributed by atoms with E-state index in [0.717, 1.165) is 35.1 Å². The first-order valence-electron chi connectivity index (χ1n) is 11.0. The Labute approximate surface area is 203 Å². The molecule has 8 nitrogen and oxygen atoms in total. The second kappa shape index (κ2) is 10.6. The van der Waals surface area contributed by atoms with Crippen molar-refractivity contribution in [3.05, 3.63) is 66.0 Å². The summed E-state index contributed by atoms with van der Waals surface area (Å²) in [6.07, 6.45) is 5.31. The molecule has 0 radical (unpaired) electrons. The van der Waals surface area contributed by atoms with Crippen molar-refractivity contribution in [3.63, 3.8) is 0 Å². The number of imidazole rings is 1. The lowest BCUT2D eigenvalue weighted by molar-refractivity contribution is -0.113. The SMILES string of the molecule is COc1ccc(OC)c(C2CCCN2C(=O)c2ccc(NC(=O)CSc3nccn3C)cc2)c1. The van der Waals surface area contributed by atoms with Crippen LogP contribution >= 0.6 is 11.8 Å². The van der Waals surface area contributed by atoms with E-state index in [0.29, 0.717) is 17.8 Å². The smallest absolute Gasteiger partial charge is 0.254 e. The first-order valence-corrected chi connectivity index (χ1v) is 12.0. The molecule has 0 aliphatic carbocycles. The van der Waals surface area contributed by atoms with E-state index in [4.69, 9.17) is 9.47 Å². The number of nitrogens with one attached hydrogen (secondary N) is 1. The van der Waals surface area contributed by atoms with Gasteiger partial charge in [0, 0.05) is 42.8 Å². The van der Waals surface area contributed by atoms with Gasteiger partial charge >= 0.3 is 0 Å². The third kappa shape index (κ3) is 5.20. The topological polar surface area (TPSA) is 85.7 Å². The van der Waals surface area contributed by atoms with Crippen molar-refractivity contribution in [2.45, 2.75) is 24.0 Å². The average Bonchev–Trinajstić information content (AvgIpc) is 3.51. The molecule has 0 bridgehead atoms. The predicted octanol–water partition coefficient (Wildman–Crippen LogP) is 4.15. The number of carbonyl (C=O) groups is 2. The molecule has 2 aromatic carbocycles. The summed E-state index contributed by atoms with van der Waals surface area (Å²) in [6.45, 7) is 0.673. The van der Waals surface area contributed by atoms with Crippen molar-refractivity contribution in [1.82, 2.24) is 14.5 Å². The molecule has 3 aromatic rings. The Bertz CT molecular complexity index is 1160. The Morgan fingerprint density at radius 2 is 1.94 bits per heavy atom. The average molecular weight is 481 g/mol. The third-order valence-electron chi connectivity index (χ3n) is 5.83. The van der Waals surface area contributed by atoms with Gasteiger partial charge in [-0.3, -0.25) is 9.59 Å². The van der Waals surface area contributed by atoms with E-state index in [-0.39, 0.29) is 23.6 Å². The number of benzene rings is 2. The lowest BCUT2D eigenvalue weighted by Gasteiger charge is -2.27. The fraction of sp³-hybridized carbons (Fsp3) is 0.320. The van der Waals surface area contributed by atoms with E-state index in [1.165, 1.54) is 11.8 Å². The molecule has 34 heavy (non-hydrogen) atoms. The van der Waals surface area contributed by atoms with Gasteiger partial charge in [0.05, 0.1) is 26.0 Å². The predicted molar refractivity (Wildman–Crippen MR) is 132 cm³/mol. The van der Waals surface area contributed by atoms with Crippen molar-refractivity contribution < 1.29 is 19.1 Å². The Kier molecular flexibility index (Phi) is 7.42. The number of hydrogen-bond donors (Lipinski definition) is 1. The summed E-state index contributed by atoms with van der Waals surface area (Å²) in [5.41, 5.74) is 2.17. The van der Waals surface area contributed by atoms with E-state index >= 15 is 0 Å². The standard InChI is InChI=1S/C25H28N4O4S/c1-28-14-12-26-25(28)34-16-23(30)27-18-8-6-17(7-9-18)24(31)29-13-4-5-21(29)20-15-19(32-2)10-11-22(20)33-3/h6-12,14-15,21H,4-5,13,16H2,1-3H3,(H,27,30). The van der Waals surface area contributed by atoms with E-state index in [2.05, 4.69) is 10.3 Å². The Morgan fingerprint density at radius 3 is 2.62 bits per heavy atom. The molecule has 178 valence electrons. The van der Waals surface area contributed by atoms with Crippen LogP contribution in [0.4, 0.5) is 5.69 Å². The lowest BCUT2D eigenvalue weighted by atomic mass is 10.0. The molecule has 4 rings (SSSR count). The van der Waals surface area contributed by atoms with Crippen molar-refractivity contribution in [2.75, 3.05) is 31.8 Å². The quantitative estimate of drug-likeness (QED) is 0.488. The summed E-state index contributed by atoms with van der Waals surface area (Å²) in [4.78, 5) is 31.7. The molecule has 1 unspecified atom stereocenters. The van der Waals surface area contributed by atoms with Gasteiger partial charge in [-0.2, -0.15) is 0 Å². The van der Waals surface area contributed by atoms with Crippen molar-refractivity contribution in [1.29, 1.82) is 0 Å². The molecule has 0 saturated carbocycles. The van der Waals surface area contributed by atoms with Crippen LogP contribution in [0.3, 0.4) is 0 Å². The first kappa shape index (κ1) is 23.7. The van der Waals surface area contributed by atoms with Crippen LogP contribution in [0.25, 0.3) is 0 Å². The highest BCUT2D eigenvalue weighted by molar-refractivity contribution is 7.99. The molecule has 1 aliphatic heterocycles. The third-order valence-corrected chi connectivity index (χ3v) is 6.89. The number of carbonyl (C=O) groups excluding carboxylic acids is 2. The number of anilines is 1. The van der Waals surface area contributed by atoms with Crippen molar-refractivity contribution in [2.24, 2.45) is 7.05 Å². The fourth-order valence-electron chi connectivity index (χ4n) is 4.11. The Balaban J connectivity index is 1.42. The van der Waals surface area contributed by atoms with Crippen LogP contribution in [0.15, 0.2) is 60.0 Å². The number of rotatable bonds is 8. The van der Waals surface area contributed by atoms with Crippen LogP contribution in [0.1, 0.15) is 34.8 Å². The van der Waals surface area contributed by atoms with Crippen LogP contribution in [0, 0.1) is 0 Å². The zero-order chi connectivity index (χ0) is 24.1. The molecule has 1 N–H and O–H groups in total. The number of hydrogen-bond acceptors (Lipinski definition) is 6. The van der Waals surface area contributed by atoms with Crippen molar-refractivity contribution in [3.8, 4) is 11.5 Å². The lowest BCUT2D eigenvalue weighted by Crippen LogP contribution is -2.30. The van der Waals surface area contributed by atoms with Crippen LogP contribution in [0.2, 0.25) is 0 Å². The van der Waals surface area contributed by atoms with E-state index in [1.807, 2.05) is 40.9 Å². The number of methoxy groups -OCH3 is 2. The van der Waals surface area contributed by atoms with Gasteiger partial charge in [-0.05, 0) is 55.3 Å². The zero-order valence-corrected chi connectivity index (χ0v) is 20.3. The molecule has 0 spiro atoms. The highest BCUT2D eigenvalue weighted by Gasteiger charge is 2.32. The number of aryl methyl sites for hydroxylation is 1. The van der Waals surface area contributed by atoms with Gasteiger partial charge in [-0.1, -0.05) is 11.8 Å². The largest absolute Gasteiger partial charge is 0.497 e. The van der Waals surface area contributed by atoms with Crippen LogP contribution in [0.5, 0.6) is 11.5 Å². The summed E-state index contributed by atoms with van der Waals surface area (Å²) in [5, 5.41) is 3.65. The summed E-state index contributed by atoms with van der Waals surface area (Å²) in [7, 11) is 5.15. The molecule has 2 amide bonds. The zero-order valence-electron chi connectivity index (χ0n) is 19.5. The minimum absolute atomic E-state index is 0.0458. The Hall–Kier alpha value is -3.46. The maximum atomic E-state index is 13.3. The van der Waals surface area contributed by atoms with Gasteiger partial charge in [0.25, 0.3) is 5.91 Å². The van der Waals surface area contributed by atoms with E-state index < -0.39 is 0 Å². The molecule has 1 aliphatic rings. The van der Waals surface area contributed by atoms with Gasteiger partial charge < -0.3 is 24.3 Å². The van der Waals surface area contributed by atoms with Crippen LogP contribution in [-0.2, 0) is 11.8 Å². The highest BCUT2D eigenvalue weighted by atomic mass is 32.2. The van der Waals surface area contributed by atoms with Crippen LogP contribution < -0.4 is 14.8 Å². The summed E-state index contributed by atoms with van der Waals surface area (Å²) in [5.74, 6) is 1.55. The number of nitrogens with zero attached hydrogens (tertiary/aromatic N) is 3. The summed E-state index contributed by atoms with van der Waals surface area (Å²) in [6, 6.07) is 12.6. The number of amides is 2. The van der Waals surface area contributed by atoms with E-state index in [1.54, 1.807) is 44.7 Å². The summed E-state index contributed by atoms with van der Waals surface area (Å²) >= 11 is 1.37. The monoisotopic (exact) mass is 480 g/mol. The molecule has 1 atom stereocenters. The molecular formula is C25H28N4O4S. The maximum absolute atomic E-state index is 13.3. The number of likely N-dealkylation sites (tertiary alicyclic amines) is 1. The maximum Gasteiger partial charge on any atom is 0.254 e. The number of thioether (sulfide) groups is 1. The first-order chi connectivity index (χ1) is 16.5. The van der Waals surface area contributed by atoms with Crippen molar-refractivity contribution >= 4 is 29.3 Å². The minimum Gasteiger partial charge on any atom is -0.497 e. The Morgan fingerprint density at radius 1 is 1.15 bits per heavy atom. The second-order valence-corrected chi connectivity index (χ2v) is 8.94. The van der Waals surface area contributed by atoms with Gasteiger partial charge in [0.15, 0.2) is 5.16 Å². The summed E-state index contributed by atoms with van der Waals surface area (Å²) < 4.78 is 12.8. The molecular weight excluding hydrogens is 452 g/mol. The number of ether oxygens (including phenoxy) is 2. The van der Waals surface area contributed by atoms with Gasteiger partial charge in [0.1, 0.15) is 11.5 Å². The van der Waals surface area contributed by atoms with Gasteiger partial charge in [0.2, 0.25) is 5.91 Å². The van der Waals surface area contributed by atoms with Crippen LogP contribution in [-0.4, -0.2) is 52.8 Å². The van der Waals surface area contributed by atoms with Gasteiger partial charge in [-0.25, -0.2) is 4.98 Å². The second-order valence-electron chi connectivity index (χ2n) is 8.00. The molecule has 9 heteroatoms. The number of aromatic nitrogens is 2. The normalized spacial score (nSPS) is 15.3. The molecule has 1 saturated heterocycles. The molecule has 2 heterocycles. The molecule has 1 fully saturated rings. The molecule has 1 aromatic heterocycles. The fourth-order valence-corrected chi connectivity index (χ4v) is 4.85. The highest BCUT2D eigenvalue weighted by Crippen LogP contribution is 2.39. The van der Waals surface area contributed by atoms with Gasteiger partial charge in [-0.15, -0.1) is 0 Å².